The average Bonchev–Trinajstić information content (AvgIpc) is 3.05. The van der Waals surface area contributed by atoms with Gasteiger partial charge in [0.1, 0.15) is 5.01 Å². The quantitative estimate of drug-likeness (QED) is 0.580. The minimum absolute atomic E-state index is 0.358. The molecule has 0 fully saturated rings. The Balaban J connectivity index is 1.54. The molecule has 29 heavy (non-hydrogen) atoms. The normalized spacial score (nSPS) is 10.6. The lowest BCUT2D eigenvalue weighted by Gasteiger charge is -2.07. The van der Waals surface area contributed by atoms with Crippen LogP contribution in [-0.4, -0.2) is 23.3 Å². The Bertz CT molecular complexity index is 1060. The topological polar surface area (TPSA) is 71.1 Å². The van der Waals surface area contributed by atoms with Crippen molar-refractivity contribution in [3.8, 4) is 10.6 Å². The van der Waals surface area contributed by atoms with Gasteiger partial charge >= 0.3 is 11.8 Å². The van der Waals surface area contributed by atoms with Gasteiger partial charge < -0.3 is 10.6 Å². The molecule has 3 aromatic rings. The third-order valence-corrected chi connectivity index (χ3v) is 6.10. The van der Waals surface area contributed by atoms with Gasteiger partial charge in [0.25, 0.3) is 0 Å². The van der Waals surface area contributed by atoms with Gasteiger partial charge in [-0.1, -0.05) is 41.4 Å². The fourth-order valence-corrected chi connectivity index (χ4v) is 4.03. The maximum Gasteiger partial charge on any atom is 0.313 e. The number of amides is 2. The van der Waals surface area contributed by atoms with Crippen LogP contribution in [0, 0.1) is 20.8 Å². The van der Waals surface area contributed by atoms with Crippen molar-refractivity contribution < 1.29 is 9.59 Å². The maximum atomic E-state index is 12.1. The lowest BCUT2D eigenvalue weighted by Crippen LogP contribution is -2.36. The molecule has 7 heteroatoms. The Hall–Kier alpha value is -2.70. The summed E-state index contributed by atoms with van der Waals surface area (Å²) < 4.78 is 0. The highest BCUT2D eigenvalue weighted by atomic mass is 35.5. The monoisotopic (exact) mass is 427 g/mol. The molecule has 1 aromatic heterocycles. The fourth-order valence-electron chi connectivity index (χ4n) is 2.79. The van der Waals surface area contributed by atoms with Crippen molar-refractivity contribution in [1.29, 1.82) is 0 Å². The molecule has 0 atom stereocenters. The van der Waals surface area contributed by atoms with Crippen molar-refractivity contribution >= 4 is 40.4 Å². The zero-order valence-electron chi connectivity index (χ0n) is 16.5. The van der Waals surface area contributed by atoms with Gasteiger partial charge in [-0.3, -0.25) is 9.59 Å². The Labute approximate surface area is 179 Å². The van der Waals surface area contributed by atoms with Crippen LogP contribution in [-0.2, 0) is 16.0 Å². The second-order valence-electron chi connectivity index (χ2n) is 6.82. The van der Waals surface area contributed by atoms with Gasteiger partial charge in [-0.05, 0) is 44.5 Å². The minimum Gasteiger partial charge on any atom is -0.347 e. The zero-order chi connectivity index (χ0) is 21.0. The molecule has 0 saturated carbocycles. The first-order chi connectivity index (χ1) is 13.8. The van der Waals surface area contributed by atoms with Gasteiger partial charge in [0.05, 0.1) is 5.69 Å². The van der Waals surface area contributed by atoms with E-state index in [1.165, 1.54) is 5.56 Å². The van der Waals surface area contributed by atoms with Crippen LogP contribution in [0.15, 0.2) is 42.5 Å². The third kappa shape index (κ3) is 5.43. The highest BCUT2D eigenvalue weighted by Crippen LogP contribution is 2.28. The highest BCUT2D eigenvalue weighted by Gasteiger charge is 2.15. The molecule has 2 N–H and O–H groups in total. The molecule has 1 heterocycles. The van der Waals surface area contributed by atoms with Crippen LogP contribution in [0.2, 0.25) is 5.02 Å². The summed E-state index contributed by atoms with van der Waals surface area (Å²) in [6.45, 7) is 6.24. The molecule has 0 radical (unpaired) electrons. The van der Waals surface area contributed by atoms with Gasteiger partial charge in [0.2, 0.25) is 0 Å². The SMILES string of the molecule is Cc1cccc(-c2nc(C)c(CCNC(=O)C(=O)Nc3ccc(C)c(Cl)c3)s2)c1. The number of nitrogens with zero attached hydrogens (tertiary/aromatic N) is 1. The van der Waals surface area contributed by atoms with Gasteiger partial charge in [-0.25, -0.2) is 4.98 Å². The lowest BCUT2D eigenvalue weighted by molar-refractivity contribution is -0.136. The highest BCUT2D eigenvalue weighted by molar-refractivity contribution is 7.15. The molecule has 2 amide bonds. The Morgan fingerprint density at radius 3 is 2.59 bits per heavy atom. The number of benzene rings is 2. The Kier molecular flexibility index (Phi) is 6.67. The Morgan fingerprint density at radius 1 is 1.07 bits per heavy atom. The molecule has 0 saturated heterocycles. The maximum absolute atomic E-state index is 12.1. The van der Waals surface area contributed by atoms with E-state index >= 15 is 0 Å². The number of anilines is 1. The zero-order valence-corrected chi connectivity index (χ0v) is 18.1. The van der Waals surface area contributed by atoms with Gasteiger partial charge in [-0.2, -0.15) is 0 Å². The molecule has 0 aliphatic carbocycles. The molecular formula is C22H22ClN3O2S. The first-order valence-electron chi connectivity index (χ1n) is 9.22. The van der Waals surface area contributed by atoms with E-state index in [1.807, 2.05) is 26.0 Å². The molecule has 0 aliphatic rings. The largest absolute Gasteiger partial charge is 0.347 e. The summed E-state index contributed by atoms with van der Waals surface area (Å²) in [6.07, 6.45) is 0.616. The van der Waals surface area contributed by atoms with Crippen LogP contribution in [0.25, 0.3) is 10.6 Å². The van der Waals surface area contributed by atoms with E-state index in [0.29, 0.717) is 23.7 Å². The molecule has 150 valence electrons. The standard InChI is InChI=1S/C22H22ClN3O2S/c1-13-5-4-6-16(11-13)22-25-15(3)19(29-22)9-10-24-20(27)21(28)26-17-8-7-14(2)18(23)12-17/h4-8,11-12H,9-10H2,1-3H3,(H,24,27)(H,26,28). The summed E-state index contributed by atoms with van der Waals surface area (Å²) in [5, 5.41) is 6.71. The molecule has 3 rings (SSSR count). The van der Waals surface area contributed by atoms with E-state index in [-0.39, 0.29) is 0 Å². The minimum atomic E-state index is -0.716. The smallest absolute Gasteiger partial charge is 0.313 e. The number of halogens is 1. The van der Waals surface area contributed by atoms with E-state index < -0.39 is 11.8 Å². The number of rotatable bonds is 5. The summed E-state index contributed by atoms with van der Waals surface area (Å²) in [5.74, 6) is -1.39. The Morgan fingerprint density at radius 2 is 1.86 bits per heavy atom. The van der Waals surface area contributed by atoms with Crippen molar-refractivity contribution in [2.24, 2.45) is 0 Å². The van der Waals surface area contributed by atoms with Crippen molar-refractivity contribution in [1.82, 2.24) is 10.3 Å². The first kappa shape index (κ1) is 21.0. The van der Waals surface area contributed by atoms with Crippen molar-refractivity contribution in [2.75, 3.05) is 11.9 Å². The number of hydrogen-bond donors (Lipinski definition) is 2. The summed E-state index contributed by atoms with van der Waals surface area (Å²) >= 11 is 7.65. The number of aromatic nitrogens is 1. The number of carbonyl (C=O) groups excluding carboxylic acids is 2. The lowest BCUT2D eigenvalue weighted by atomic mass is 10.1. The molecule has 2 aromatic carbocycles. The second kappa shape index (κ2) is 9.20. The summed E-state index contributed by atoms with van der Waals surface area (Å²) in [6, 6.07) is 13.3. The number of nitrogens with one attached hydrogen (secondary N) is 2. The second-order valence-corrected chi connectivity index (χ2v) is 8.31. The summed E-state index contributed by atoms with van der Waals surface area (Å²) in [5.41, 5.74) is 4.61. The number of hydrogen-bond acceptors (Lipinski definition) is 4. The molecule has 0 unspecified atom stereocenters. The van der Waals surface area contributed by atoms with Gasteiger partial charge in [0.15, 0.2) is 0 Å². The number of aryl methyl sites for hydroxylation is 3. The van der Waals surface area contributed by atoms with Crippen LogP contribution >= 0.6 is 22.9 Å². The number of thiazole rings is 1. The summed E-state index contributed by atoms with van der Waals surface area (Å²) in [7, 11) is 0. The molecule has 5 nitrogen and oxygen atoms in total. The third-order valence-electron chi connectivity index (χ3n) is 4.43. The van der Waals surface area contributed by atoms with E-state index in [0.717, 1.165) is 26.7 Å². The van der Waals surface area contributed by atoms with E-state index in [4.69, 9.17) is 11.6 Å². The van der Waals surface area contributed by atoms with E-state index in [2.05, 4.69) is 34.7 Å². The van der Waals surface area contributed by atoms with E-state index in [9.17, 15) is 9.59 Å². The average molecular weight is 428 g/mol. The predicted molar refractivity (Wildman–Crippen MR) is 119 cm³/mol. The molecule has 0 spiro atoms. The van der Waals surface area contributed by atoms with Crippen molar-refractivity contribution in [3.05, 3.63) is 69.2 Å². The molecule has 0 bridgehead atoms. The van der Waals surface area contributed by atoms with Gasteiger partial charge in [-0.15, -0.1) is 11.3 Å². The van der Waals surface area contributed by atoms with Crippen LogP contribution in [0.4, 0.5) is 5.69 Å². The number of carbonyl (C=O) groups is 2. The van der Waals surface area contributed by atoms with Crippen molar-refractivity contribution in [3.63, 3.8) is 0 Å². The van der Waals surface area contributed by atoms with E-state index in [1.54, 1.807) is 29.5 Å². The van der Waals surface area contributed by atoms with Crippen LogP contribution in [0.5, 0.6) is 0 Å². The molecule has 0 aliphatic heterocycles. The van der Waals surface area contributed by atoms with Crippen LogP contribution < -0.4 is 10.6 Å². The predicted octanol–water partition coefficient (Wildman–Crippen LogP) is 4.69. The fraction of sp³-hybridized carbons (Fsp3) is 0.227. The first-order valence-corrected chi connectivity index (χ1v) is 10.4. The molecular weight excluding hydrogens is 406 g/mol. The van der Waals surface area contributed by atoms with Crippen LogP contribution in [0.3, 0.4) is 0 Å². The van der Waals surface area contributed by atoms with Crippen LogP contribution in [0.1, 0.15) is 21.7 Å². The van der Waals surface area contributed by atoms with Gasteiger partial charge in [0, 0.05) is 34.1 Å². The summed E-state index contributed by atoms with van der Waals surface area (Å²) in [4.78, 5) is 29.9. The van der Waals surface area contributed by atoms with Crippen molar-refractivity contribution in [2.45, 2.75) is 27.2 Å².